The molecular formula is C18H22BClO5S. The van der Waals surface area contributed by atoms with Crippen molar-refractivity contribution < 1.29 is 24.0 Å². The van der Waals surface area contributed by atoms with Crippen molar-refractivity contribution in [2.45, 2.75) is 45.8 Å². The standard InChI is InChI=1S/C18H22BClO5S/c1-11(21)26-10-14(19-24-17(2,3)18(4,5)25-19)9-13-8-12(16(22)23)6-7-15(13)20/h6-9H,10H2,1-5H3,(H,22,23). The third-order valence-electron chi connectivity index (χ3n) is 4.58. The van der Waals surface area contributed by atoms with Gasteiger partial charge in [-0.3, -0.25) is 4.79 Å². The third kappa shape index (κ3) is 4.71. The van der Waals surface area contributed by atoms with Gasteiger partial charge in [0.1, 0.15) is 0 Å². The average Bonchev–Trinajstić information content (AvgIpc) is 2.72. The maximum absolute atomic E-state index is 11.4. The first-order valence-corrected chi connectivity index (χ1v) is 9.51. The molecule has 0 saturated carbocycles. The van der Waals surface area contributed by atoms with Gasteiger partial charge < -0.3 is 14.4 Å². The molecule has 1 aliphatic rings. The van der Waals surface area contributed by atoms with E-state index in [-0.39, 0.29) is 10.7 Å². The van der Waals surface area contributed by atoms with Crippen LogP contribution in [0.4, 0.5) is 0 Å². The Labute approximate surface area is 163 Å². The van der Waals surface area contributed by atoms with Crippen LogP contribution in [0, 0.1) is 0 Å². The monoisotopic (exact) mass is 396 g/mol. The van der Waals surface area contributed by atoms with E-state index in [0.717, 1.165) is 11.8 Å². The second-order valence-electron chi connectivity index (χ2n) is 7.13. The summed E-state index contributed by atoms with van der Waals surface area (Å²) in [7, 11) is -0.642. The van der Waals surface area contributed by atoms with Gasteiger partial charge in [-0.25, -0.2) is 4.79 Å². The van der Waals surface area contributed by atoms with Crippen LogP contribution in [0.2, 0.25) is 5.02 Å². The summed E-state index contributed by atoms with van der Waals surface area (Å²) in [5, 5.41) is 9.58. The average molecular weight is 397 g/mol. The largest absolute Gasteiger partial charge is 0.491 e. The van der Waals surface area contributed by atoms with Crippen molar-refractivity contribution >= 4 is 47.6 Å². The number of aromatic carboxylic acids is 1. The summed E-state index contributed by atoms with van der Waals surface area (Å²) in [5.74, 6) is -0.675. The van der Waals surface area contributed by atoms with E-state index < -0.39 is 24.3 Å². The number of halogens is 1. The molecule has 1 aromatic rings. The van der Waals surface area contributed by atoms with Gasteiger partial charge in [-0.1, -0.05) is 29.4 Å². The minimum absolute atomic E-state index is 0.0298. The first-order valence-electron chi connectivity index (χ1n) is 8.15. The first-order chi connectivity index (χ1) is 11.9. The van der Waals surface area contributed by atoms with E-state index in [1.165, 1.54) is 25.1 Å². The third-order valence-corrected chi connectivity index (χ3v) is 5.81. The van der Waals surface area contributed by atoms with Gasteiger partial charge >= 0.3 is 13.1 Å². The van der Waals surface area contributed by atoms with Crippen LogP contribution in [0.3, 0.4) is 0 Å². The molecule has 1 N–H and O–H groups in total. The Morgan fingerprint density at radius 2 is 1.81 bits per heavy atom. The number of carboxylic acid groups (broad SMARTS) is 1. The molecule has 1 heterocycles. The zero-order valence-corrected chi connectivity index (χ0v) is 17.0. The molecule has 0 bridgehead atoms. The SMILES string of the molecule is CC(=O)SCC(=Cc1cc(C(=O)O)ccc1Cl)B1OC(C)(C)C(C)(C)O1. The van der Waals surface area contributed by atoms with Crippen molar-refractivity contribution in [1.29, 1.82) is 0 Å². The molecule has 1 aromatic carbocycles. The number of thioether (sulfide) groups is 1. The van der Waals surface area contributed by atoms with Crippen molar-refractivity contribution in [2.75, 3.05) is 5.75 Å². The summed E-state index contributed by atoms with van der Waals surface area (Å²) in [6.07, 6.45) is 1.74. The Balaban J connectivity index is 2.42. The van der Waals surface area contributed by atoms with E-state index in [1.54, 1.807) is 6.08 Å². The van der Waals surface area contributed by atoms with Crippen molar-refractivity contribution in [2.24, 2.45) is 0 Å². The molecule has 0 unspecified atom stereocenters. The summed E-state index contributed by atoms with van der Waals surface area (Å²) < 4.78 is 12.1. The molecule has 1 saturated heterocycles. The predicted molar refractivity (Wildman–Crippen MR) is 106 cm³/mol. The van der Waals surface area contributed by atoms with Gasteiger partial charge in [0.2, 0.25) is 0 Å². The fraction of sp³-hybridized carbons (Fsp3) is 0.444. The van der Waals surface area contributed by atoms with Gasteiger partial charge in [0.15, 0.2) is 5.12 Å². The topological polar surface area (TPSA) is 72.8 Å². The Morgan fingerprint density at radius 1 is 1.23 bits per heavy atom. The highest BCUT2D eigenvalue weighted by Crippen LogP contribution is 2.39. The molecule has 0 amide bonds. The highest BCUT2D eigenvalue weighted by molar-refractivity contribution is 8.13. The van der Waals surface area contributed by atoms with Gasteiger partial charge in [-0.2, -0.15) is 0 Å². The van der Waals surface area contributed by atoms with Gasteiger partial charge in [0.05, 0.1) is 16.8 Å². The zero-order valence-electron chi connectivity index (χ0n) is 15.5. The highest BCUT2D eigenvalue weighted by atomic mass is 35.5. The van der Waals surface area contributed by atoms with Gasteiger partial charge in [-0.15, -0.1) is 0 Å². The van der Waals surface area contributed by atoms with Crippen molar-refractivity contribution in [3.63, 3.8) is 0 Å². The summed E-state index contributed by atoms with van der Waals surface area (Å²) >= 11 is 7.37. The number of benzene rings is 1. The van der Waals surface area contributed by atoms with Crippen LogP contribution in [0.5, 0.6) is 0 Å². The maximum Gasteiger partial charge on any atom is 0.491 e. The van der Waals surface area contributed by atoms with Crippen LogP contribution in [-0.4, -0.2) is 40.3 Å². The second kappa shape index (κ2) is 7.76. The Morgan fingerprint density at radius 3 is 2.31 bits per heavy atom. The molecule has 5 nitrogen and oxygen atoms in total. The minimum atomic E-state index is -1.04. The number of carbonyl (C=O) groups excluding carboxylic acids is 1. The van der Waals surface area contributed by atoms with Gasteiger partial charge in [-0.05, 0) is 56.9 Å². The lowest BCUT2D eigenvalue weighted by Gasteiger charge is -2.32. The number of carboxylic acids is 1. The highest BCUT2D eigenvalue weighted by Gasteiger charge is 2.52. The Hall–Kier alpha value is -1.28. The quantitative estimate of drug-likeness (QED) is 0.747. The van der Waals surface area contributed by atoms with E-state index in [2.05, 4.69) is 0 Å². The normalized spacial score (nSPS) is 18.8. The van der Waals surface area contributed by atoms with Crippen LogP contribution in [0.25, 0.3) is 6.08 Å². The number of hydrogen-bond acceptors (Lipinski definition) is 5. The van der Waals surface area contributed by atoms with Crippen molar-refractivity contribution in [3.8, 4) is 0 Å². The lowest BCUT2D eigenvalue weighted by atomic mass is 9.78. The predicted octanol–water partition coefficient (Wildman–Crippen LogP) is 4.33. The lowest BCUT2D eigenvalue weighted by Crippen LogP contribution is -2.41. The zero-order chi connectivity index (χ0) is 19.7. The Bertz CT molecular complexity index is 744. The number of rotatable bonds is 5. The summed E-state index contributed by atoms with van der Waals surface area (Å²) in [5.41, 5.74) is 0.344. The van der Waals surface area contributed by atoms with Crippen LogP contribution < -0.4 is 0 Å². The fourth-order valence-electron chi connectivity index (χ4n) is 2.34. The van der Waals surface area contributed by atoms with E-state index >= 15 is 0 Å². The van der Waals surface area contributed by atoms with Crippen LogP contribution in [0.15, 0.2) is 23.7 Å². The molecule has 1 aliphatic heterocycles. The molecular weight excluding hydrogens is 375 g/mol. The number of hydrogen-bond donors (Lipinski definition) is 1. The van der Waals surface area contributed by atoms with Gasteiger partial charge in [0, 0.05) is 17.7 Å². The molecule has 140 valence electrons. The lowest BCUT2D eigenvalue weighted by molar-refractivity contribution is -0.109. The first kappa shape index (κ1) is 21.0. The molecule has 2 rings (SSSR count). The summed E-state index contributed by atoms with van der Waals surface area (Å²) in [6.45, 7) is 9.27. The fourth-order valence-corrected chi connectivity index (χ4v) is 3.11. The van der Waals surface area contributed by atoms with Gasteiger partial charge in [0.25, 0.3) is 0 Å². The molecule has 26 heavy (non-hydrogen) atoms. The molecule has 0 aliphatic carbocycles. The van der Waals surface area contributed by atoms with Crippen LogP contribution in [-0.2, 0) is 14.1 Å². The van der Waals surface area contributed by atoms with E-state index in [1.807, 2.05) is 27.7 Å². The minimum Gasteiger partial charge on any atom is -0.478 e. The molecule has 0 atom stereocenters. The molecule has 1 fully saturated rings. The van der Waals surface area contributed by atoms with Crippen molar-refractivity contribution in [1.82, 2.24) is 0 Å². The molecule has 0 aromatic heterocycles. The van der Waals surface area contributed by atoms with Crippen LogP contribution >= 0.6 is 23.4 Å². The summed E-state index contributed by atoms with van der Waals surface area (Å²) in [4.78, 5) is 22.7. The molecule has 8 heteroatoms. The van der Waals surface area contributed by atoms with E-state index in [0.29, 0.717) is 21.8 Å². The smallest absolute Gasteiger partial charge is 0.478 e. The van der Waals surface area contributed by atoms with Crippen LogP contribution in [0.1, 0.15) is 50.5 Å². The second-order valence-corrected chi connectivity index (χ2v) is 8.69. The van der Waals surface area contributed by atoms with Crippen molar-refractivity contribution in [3.05, 3.63) is 39.8 Å². The number of carbonyl (C=O) groups is 2. The molecule has 0 radical (unpaired) electrons. The molecule has 0 spiro atoms. The Kier molecular flexibility index (Phi) is 6.28. The van der Waals surface area contributed by atoms with E-state index in [4.69, 9.17) is 20.9 Å². The van der Waals surface area contributed by atoms with E-state index in [9.17, 15) is 14.7 Å². The summed E-state index contributed by atoms with van der Waals surface area (Å²) in [6, 6.07) is 4.48. The maximum atomic E-state index is 11.4.